The van der Waals surface area contributed by atoms with E-state index in [1.165, 1.54) is 7.11 Å². The predicted octanol–water partition coefficient (Wildman–Crippen LogP) is 2.54. The highest BCUT2D eigenvalue weighted by atomic mass is 16.5. The van der Waals surface area contributed by atoms with Gasteiger partial charge in [0.2, 0.25) is 0 Å². The Hall–Kier alpha value is -0.830. The lowest BCUT2D eigenvalue weighted by atomic mass is 9.67. The summed E-state index contributed by atoms with van der Waals surface area (Å²) < 4.78 is 4.94. The van der Waals surface area contributed by atoms with Crippen LogP contribution in [0, 0.1) is 28.6 Å². The summed E-state index contributed by atoms with van der Waals surface area (Å²) in [6.07, 6.45) is 4.81. The summed E-state index contributed by atoms with van der Waals surface area (Å²) in [5.74, 6) is 0.686. The fourth-order valence-corrected chi connectivity index (χ4v) is 5.33. The van der Waals surface area contributed by atoms with Crippen LogP contribution in [-0.2, 0) is 9.53 Å². The highest BCUT2D eigenvalue weighted by Crippen LogP contribution is 2.70. The van der Waals surface area contributed by atoms with Gasteiger partial charge in [0.25, 0.3) is 0 Å². The topological polar surface area (TPSA) is 46.5 Å². The Balaban J connectivity index is 2.04. The van der Waals surface area contributed by atoms with Gasteiger partial charge < -0.3 is 9.84 Å². The third-order valence-corrected chi connectivity index (χ3v) is 5.98. The highest BCUT2D eigenvalue weighted by Gasteiger charge is 2.65. The Bertz CT molecular complexity index is 451. The Morgan fingerprint density at radius 1 is 1.47 bits per heavy atom. The predicted molar refractivity (Wildman–Crippen MR) is 72.3 cm³/mol. The van der Waals surface area contributed by atoms with Gasteiger partial charge in [0.15, 0.2) is 0 Å². The van der Waals surface area contributed by atoms with Crippen molar-refractivity contribution in [3.05, 3.63) is 11.6 Å². The molecule has 5 atom stereocenters. The van der Waals surface area contributed by atoms with Gasteiger partial charge in [-0.2, -0.15) is 0 Å². The maximum atomic E-state index is 12.0. The van der Waals surface area contributed by atoms with E-state index < -0.39 is 0 Å². The quantitative estimate of drug-likeness (QED) is 0.740. The smallest absolute Gasteiger partial charge is 0.333 e. The molecule has 2 saturated carbocycles. The van der Waals surface area contributed by atoms with Crippen LogP contribution in [-0.4, -0.2) is 24.3 Å². The molecule has 0 amide bonds. The van der Waals surface area contributed by atoms with E-state index in [0.29, 0.717) is 17.8 Å². The Labute approximate surface area is 115 Å². The van der Waals surface area contributed by atoms with Crippen molar-refractivity contribution in [2.24, 2.45) is 28.6 Å². The largest absolute Gasteiger partial charge is 0.466 e. The van der Waals surface area contributed by atoms with Gasteiger partial charge in [-0.15, -0.1) is 0 Å². The number of ether oxygens (including phenoxy) is 1. The van der Waals surface area contributed by atoms with Gasteiger partial charge in [-0.05, 0) is 47.8 Å². The minimum atomic E-state index is -0.283. The van der Waals surface area contributed by atoms with E-state index in [1.54, 1.807) is 0 Å². The van der Waals surface area contributed by atoms with Crippen molar-refractivity contribution in [3.8, 4) is 0 Å². The molecule has 1 spiro atoms. The van der Waals surface area contributed by atoms with Gasteiger partial charge in [0.05, 0.1) is 13.2 Å². The van der Waals surface area contributed by atoms with Gasteiger partial charge >= 0.3 is 5.97 Å². The Morgan fingerprint density at radius 2 is 2.16 bits per heavy atom. The molecular weight excluding hydrogens is 240 g/mol. The molecule has 106 valence electrons. The maximum Gasteiger partial charge on any atom is 0.333 e. The van der Waals surface area contributed by atoms with E-state index in [2.05, 4.69) is 26.8 Å². The monoisotopic (exact) mass is 264 g/mol. The molecule has 0 radical (unpaired) electrons. The summed E-state index contributed by atoms with van der Waals surface area (Å²) in [6.45, 7) is 6.77. The first-order valence-electron chi connectivity index (χ1n) is 7.30. The first-order valence-corrected chi connectivity index (χ1v) is 7.30. The van der Waals surface area contributed by atoms with Gasteiger partial charge in [-0.1, -0.05) is 26.8 Å². The Morgan fingerprint density at radius 3 is 2.79 bits per heavy atom. The Kier molecular flexibility index (Phi) is 2.66. The number of aliphatic hydroxyl groups excluding tert-OH is 1. The summed E-state index contributed by atoms with van der Waals surface area (Å²) in [7, 11) is 1.45. The van der Waals surface area contributed by atoms with E-state index >= 15 is 0 Å². The molecule has 3 rings (SSSR count). The number of hydrogen-bond donors (Lipinski definition) is 1. The van der Waals surface area contributed by atoms with Crippen LogP contribution in [0.3, 0.4) is 0 Å². The van der Waals surface area contributed by atoms with Gasteiger partial charge in [-0.3, -0.25) is 0 Å². The van der Waals surface area contributed by atoms with E-state index in [1.807, 2.05) is 0 Å². The second-order valence-electron chi connectivity index (χ2n) is 7.52. The molecule has 3 aliphatic rings. The standard InChI is InChI=1S/C16H24O3/c1-9-13(17)6-12-11(14(18)19-4)5-10-7-15(2,3)8-16(9,10)12/h5,9-10,12-13,17H,6-8H2,1-4H3/t9-,10?,12?,13-,16?/m1/s1. The second kappa shape index (κ2) is 3.85. The van der Waals surface area contributed by atoms with Crippen LogP contribution in [0.2, 0.25) is 0 Å². The van der Waals surface area contributed by atoms with Crippen molar-refractivity contribution >= 4 is 5.97 Å². The van der Waals surface area contributed by atoms with Crippen molar-refractivity contribution < 1.29 is 14.6 Å². The summed E-state index contributed by atoms with van der Waals surface area (Å²) in [4.78, 5) is 12.0. The van der Waals surface area contributed by atoms with E-state index in [4.69, 9.17) is 4.74 Å². The molecule has 0 heterocycles. The maximum absolute atomic E-state index is 12.0. The lowest BCUT2D eigenvalue weighted by molar-refractivity contribution is -0.137. The number of carbonyl (C=O) groups excluding carboxylic acids is 1. The van der Waals surface area contributed by atoms with Gasteiger partial charge in [-0.25, -0.2) is 4.79 Å². The third kappa shape index (κ3) is 1.57. The van der Waals surface area contributed by atoms with Crippen molar-refractivity contribution in [2.45, 2.75) is 46.1 Å². The SMILES string of the molecule is COC(=O)C1=CC2CC(C)(C)CC23C1C[C@@H](O)[C@H]3C. The molecule has 0 aromatic heterocycles. The zero-order valence-electron chi connectivity index (χ0n) is 12.3. The summed E-state index contributed by atoms with van der Waals surface area (Å²) in [6, 6.07) is 0. The van der Waals surface area contributed by atoms with Crippen LogP contribution in [0.1, 0.15) is 40.0 Å². The molecule has 0 aromatic rings. The molecular formula is C16H24O3. The van der Waals surface area contributed by atoms with Gasteiger partial charge in [0, 0.05) is 5.57 Å². The van der Waals surface area contributed by atoms with E-state index in [9.17, 15) is 9.90 Å². The van der Waals surface area contributed by atoms with Crippen molar-refractivity contribution in [3.63, 3.8) is 0 Å². The lowest BCUT2D eigenvalue weighted by Gasteiger charge is -2.36. The fourth-order valence-electron chi connectivity index (χ4n) is 5.33. The zero-order chi connectivity index (χ0) is 14.0. The number of hydrogen-bond acceptors (Lipinski definition) is 3. The molecule has 3 unspecified atom stereocenters. The zero-order valence-corrected chi connectivity index (χ0v) is 12.3. The molecule has 0 saturated heterocycles. The molecule has 2 fully saturated rings. The number of aliphatic hydroxyl groups is 1. The summed E-state index contributed by atoms with van der Waals surface area (Å²) in [5, 5.41) is 10.3. The van der Waals surface area contributed by atoms with Crippen LogP contribution in [0.5, 0.6) is 0 Å². The van der Waals surface area contributed by atoms with Crippen molar-refractivity contribution in [2.75, 3.05) is 7.11 Å². The molecule has 3 heteroatoms. The average molecular weight is 264 g/mol. The number of rotatable bonds is 1. The van der Waals surface area contributed by atoms with Crippen molar-refractivity contribution in [1.29, 1.82) is 0 Å². The summed E-state index contributed by atoms with van der Waals surface area (Å²) in [5.41, 5.74) is 1.22. The average Bonchev–Trinajstić information content (AvgIpc) is 2.85. The van der Waals surface area contributed by atoms with E-state index in [-0.39, 0.29) is 29.3 Å². The number of methoxy groups -OCH3 is 1. The third-order valence-electron chi connectivity index (χ3n) is 5.98. The first kappa shape index (κ1) is 13.2. The summed E-state index contributed by atoms with van der Waals surface area (Å²) >= 11 is 0. The molecule has 3 aliphatic carbocycles. The fraction of sp³-hybridized carbons (Fsp3) is 0.812. The number of carbonyl (C=O) groups is 1. The molecule has 0 aliphatic heterocycles. The molecule has 19 heavy (non-hydrogen) atoms. The lowest BCUT2D eigenvalue weighted by Crippen LogP contribution is -2.34. The van der Waals surface area contributed by atoms with Crippen molar-refractivity contribution in [1.82, 2.24) is 0 Å². The second-order valence-corrected chi connectivity index (χ2v) is 7.52. The molecule has 1 N–H and O–H groups in total. The van der Waals surface area contributed by atoms with E-state index in [0.717, 1.165) is 18.4 Å². The normalized spacial score (nSPS) is 46.7. The minimum absolute atomic E-state index is 0.0897. The molecule has 0 aromatic carbocycles. The van der Waals surface area contributed by atoms with Crippen LogP contribution in [0.4, 0.5) is 0 Å². The number of allylic oxidation sites excluding steroid dienone is 1. The van der Waals surface area contributed by atoms with Gasteiger partial charge in [0.1, 0.15) is 0 Å². The van der Waals surface area contributed by atoms with Crippen LogP contribution >= 0.6 is 0 Å². The van der Waals surface area contributed by atoms with Crippen LogP contribution < -0.4 is 0 Å². The molecule has 0 bridgehead atoms. The van der Waals surface area contributed by atoms with Crippen LogP contribution in [0.15, 0.2) is 11.6 Å². The highest BCUT2D eigenvalue weighted by molar-refractivity contribution is 5.90. The van der Waals surface area contributed by atoms with Crippen LogP contribution in [0.25, 0.3) is 0 Å². The number of esters is 1. The first-order chi connectivity index (χ1) is 8.82. The minimum Gasteiger partial charge on any atom is -0.466 e. The molecule has 3 nitrogen and oxygen atoms in total.